The summed E-state index contributed by atoms with van der Waals surface area (Å²) in [4.78, 5) is 34.0. The molecule has 38 heavy (non-hydrogen) atoms. The number of amides is 2. The molecule has 0 unspecified atom stereocenters. The number of piperazine rings is 1. The van der Waals surface area contributed by atoms with Gasteiger partial charge in [-0.1, -0.05) is 42.6 Å². The van der Waals surface area contributed by atoms with Gasteiger partial charge in [-0.15, -0.1) is 0 Å². The van der Waals surface area contributed by atoms with E-state index >= 15 is 0 Å². The lowest BCUT2D eigenvalue weighted by Crippen LogP contribution is -2.53. The van der Waals surface area contributed by atoms with E-state index in [0.29, 0.717) is 49.8 Å². The van der Waals surface area contributed by atoms with Crippen molar-refractivity contribution < 1.29 is 36.8 Å². The number of hydrogen-bond donors (Lipinski definition) is 2. The zero-order valence-corrected chi connectivity index (χ0v) is 20.2. The molecule has 1 saturated heterocycles. The van der Waals surface area contributed by atoms with Crippen LogP contribution in [0.25, 0.3) is 22.4 Å². The van der Waals surface area contributed by atoms with Gasteiger partial charge in [-0.2, -0.15) is 18.2 Å². The number of rotatable bonds is 3. The van der Waals surface area contributed by atoms with Crippen molar-refractivity contribution in [2.45, 2.75) is 44.3 Å². The Bertz CT molecular complexity index is 1270. The van der Waals surface area contributed by atoms with Crippen LogP contribution in [0.5, 0.6) is 0 Å². The van der Waals surface area contributed by atoms with Crippen LogP contribution in [0.2, 0.25) is 0 Å². The van der Waals surface area contributed by atoms with E-state index in [9.17, 15) is 22.4 Å². The molecule has 2 aliphatic rings. The van der Waals surface area contributed by atoms with Gasteiger partial charge in [0.15, 0.2) is 0 Å². The van der Waals surface area contributed by atoms with Crippen LogP contribution in [-0.2, 0) is 4.79 Å². The molecule has 3 aromatic rings. The number of carboxylic acids is 1. The molecule has 14 heteroatoms. The number of benzene rings is 1. The van der Waals surface area contributed by atoms with Crippen molar-refractivity contribution in [2.24, 2.45) is 0 Å². The van der Waals surface area contributed by atoms with Crippen molar-refractivity contribution in [2.75, 3.05) is 31.1 Å². The monoisotopic (exact) mass is 538 g/mol. The SMILES string of the molecule is O=C(NC1CCCCC1)N1CCN(c2nc(-c3ccc4cccc(F)c4n3)no2)CC1.O=C(O)C(F)(F)F. The fraction of sp³-hybridized carbons (Fsp3) is 0.458. The second-order valence-corrected chi connectivity index (χ2v) is 8.97. The number of carboxylic acid groups (broad SMARTS) is 1. The van der Waals surface area contributed by atoms with Gasteiger partial charge in [0.25, 0.3) is 0 Å². The number of nitrogens with one attached hydrogen (secondary N) is 1. The lowest BCUT2D eigenvalue weighted by Gasteiger charge is -2.35. The van der Waals surface area contributed by atoms with Crippen LogP contribution in [0.3, 0.4) is 0 Å². The number of aromatic nitrogens is 3. The Morgan fingerprint density at radius 2 is 1.68 bits per heavy atom. The number of aliphatic carboxylic acids is 1. The van der Waals surface area contributed by atoms with Crippen LogP contribution in [0, 0.1) is 5.82 Å². The average molecular weight is 539 g/mol. The highest BCUT2D eigenvalue weighted by Crippen LogP contribution is 2.24. The van der Waals surface area contributed by atoms with Gasteiger partial charge in [-0.05, 0) is 25.0 Å². The van der Waals surface area contributed by atoms with Crippen molar-refractivity contribution in [1.29, 1.82) is 0 Å². The minimum atomic E-state index is -5.08. The third-order valence-corrected chi connectivity index (χ3v) is 6.33. The van der Waals surface area contributed by atoms with Gasteiger partial charge in [0.1, 0.15) is 17.0 Å². The minimum absolute atomic E-state index is 0.0140. The molecule has 2 amide bonds. The number of pyridine rings is 1. The highest BCUT2D eigenvalue weighted by atomic mass is 19.4. The first-order chi connectivity index (χ1) is 18.1. The van der Waals surface area contributed by atoms with E-state index < -0.39 is 12.1 Å². The number of hydrogen-bond acceptors (Lipinski definition) is 7. The van der Waals surface area contributed by atoms with Gasteiger partial charge in [0.2, 0.25) is 5.82 Å². The van der Waals surface area contributed by atoms with Crippen LogP contribution in [0.1, 0.15) is 32.1 Å². The molecule has 204 valence electrons. The number of halogens is 4. The molecule has 0 bridgehead atoms. The molecule has 5 rings (SSSR count). The van der Waals surface area contributed by atoms with E-state index in [-0.39, 0.29) is 17.4 Å². The number of carbonyl (C=O) groups excluding carboxylic acids is 1. The van der Waals surface area contributed by atoms with E-state index in [1.807, 2.05) is 9.80 Å². The van der Waals surface area contributed by atoms with Gasteiger partial charge in [-0.3, -0.25) is 0 Å². The highest BCUT2D eigenvalue weighted by Gasteiger charge is 2.38. The first-order valence-corrected chi connectivity index (χ1v) is 12.1. The fourth-order valence-electron chi connectivity index (χ4n) is 4.30. The Labute approximate surface area is 214 Å². The Hall–Kier alpha value is -3.97. The second-order valence-electron chi connectivity index (χ2n) is 8.97. The highest BCUT2D eigenvalue weighted by molar-refractivity contribution is 5.81. The minimum Gasteiger partial charge on any atom is -0.475 e. The Morgan fingerprint density at radius 3 is 2.34 bits per heavy atom. The summed E-state index contributed by atoms with van der Waals surface area (Å²) in [6, 6.07) is 9.09. The summed E-state index contributed by atoms with van der Waals surface area (Å²) < 4.78 is 51.2. The lowest BCUT2D eigenvalue weighted by atomic mass is 9.96. The van der Waals surface area contributed by atoms with Gasteiger partial charge in [-0.25, -0.2) is 19.0 Å². The van der Waals surface area contributed by atoms with Crippen molar-refractivity contribution in [3.8, 4) is 11.5 Å². The number of carbonyl (C=O) groups is 2. The molecular formula is C24H26F4N6O4. The first-order valence-electron chi connectivity index (χ1n) is 12.1. The summed E-state index contributed by atoms with van der Waals surface area (Å²) in [5, 5.41) is 15.0. The maximum Gasteiger partial charge on any atom is 0.490 e. The van der Waals surface area contributed by atoms with Gasteiger partial charge in [0.05, 0.1) is 0 Å². The number of para-hydroxylation sites is 1. The molecule has 1 aliphatic carbocycles. The number of alkyl halides is 3. The zero-order chi connectivity index (χ0) is 27.3. The van der Waals surface area contributed by atoms with E-state index in [2.05, 4.69) is 20.4 Å². The molecule has 10 nitrogen and oxygen atoms in total. The Morgan fingerprint density at radius 1 is 1.00 bits per heavy atom. The summed E-state index contributed by atoms with van der Waals surface area (Å²) in [5.41, 5.74) is 0.738. The average Bonchev–Trinajstić information content (AvgIpc) is 3.40. The summed E-state index contributed by atoms with van der Waals surface area (Å²) in [7, 11) is 0. The molecule has 1 saturated carbocycles. The fourth-order valence-corrected chi connectivity index (χ4v) is 4.30. The zero-order valence-electron chi connectivity index (χ0n) is 20.2. The molecule has 2 N–H and O–H groups in total. The molecule has 0 spiro atoms. The molecular weight excluding hydrogens is 512 g/mol. The van der Waals surface area contributed by atoms with Gasteiger partial charge in [0, 0.05) is 37.6 Å². The number of fused-ring (bicyclic) bond motifs is 1. The lowest BCUT2D eigenvalue weighted by molar-refractivity contribution is -0.192. The number of anilines is 1. The molecule has 1 aromatic carbocycles. The molecule has 2 aromatic heterocycles. The summed E-state index contributed by atoms with van der Waals surface area (Å²) in [5.74, 6) is -2.82. The largest absolute Gasteiger partial charge is 0.490 e. The Balaban J connectivity index is 0.000000426. The smallest absolute Gasteiger partial charge is 0.475 e. The molecule has 0 atom stereocenters. The van der Waals surface area contributed by atoms with Crippen LogP contribution in [-0.4, -0.2) is 75.5 Å². The van der Waals surface area contributed by atoms with E-state index in [0.717, 1.165) is 18.2 Å². The maximum atomic E-state index is 14.1. The molecule has 3 heterocycles. The van der Waals surface area contributed by atoms with Crippen molar-refractivity contribution >= 4 is 28.9 Å². The molecule has 1 aliphatic heterocycles. The van der Waals surface area contributed by atoms with Gasteiger partial charge < -0.3 is 24.7 Å². The van der Waals surface area contributed by atoms with Crippen LogP contribution < -0.4 is 10.2 Å². The molecule has 2 fully saturated rings. The first kappa shape index (κ1) is 27.1. The standard InChI is InChI=1S/C22H25FN6O2.C2HF3O2/c23-17-8-4-5-15-9-10-18(25-19(15)17)20-26-22(31-27-20)29-13-11-28(12-14-29)21(30)24-16-6-2-1-3-7-16;3-2(4,5)1(6)7/h4-5,8-10,16H,1-3,6-7,11-14H2,(H,24,30);(H,6,7). The third kappa shape index (κ3) is 6.66. The summed E-state index contributed by atoms with van der Waals surface area (Å²) in [6.45, 7) is 2.41. The van der Waals surface area contributed by atoms with Crippen LogP contribution >= 0.6 is 0 Å². The normalized spacial score (nSPS) is 16.6. The van der Waals surface area contributed by atoms with E-state index in [1.165, 1.54) is 25.3 Å². The Kier molecular flexibility index (Phi) is 8.27. The predicted molar refractivity (Wildman–Crippen MR) is 128 cm³/mol. The maximum absolute atomic E-state index is 14.1. The van der Waals surface area contributed by atoms with Crippen molar-refractivity contribution in [3.63, 3.8) is 0 Å². The van der Waals surface area contributed by atoms with Crippen LogP contribution in [0.4, 0.5) is 28.4 Å². The second kappa shape index (κ2) is 11.6. The third-order valence-electron chi connectivity index (χ3n) is 6.33. The predicted octanol–water partition coefficient (Wildman–Crippen LogP) is 4.22. The van der Waals surface area contributed by atoms with E-state index in [1.54, 1.807) is 24.3 Å². The summed E-state index contributed by atoms with van der Waals surface area (Å²) in [6.07, 6.45) is 0.709. The quantitative estimate of drug-likeness (QED) is 0.475. The van der Waals surface area contributed by atoms with Crippen molar-refractivity contribution in [3.05, 3.63) is 36.1 Å². The van der Waals surface area contributed by atoms with Crippen molar-refractivity contribution in [1.82, 2.24) is 25.3 Å². The molecule has 0 radical (unpaired) electrons. The van der Waals surface area contributed by atoms with E-state index in [4.69, 9.17) is 14.4 Å². The summed E-state index contributed by atoms with van der Waals surface area (Å²) >= 11 is 0. The number of nitrogens with zero attached hydrogens (tertiary/aromatic N) is 5. The topological polar surface area (TPSA) is 125 Å². The number of urea groups is 1. The van der Waals surface area contributed by atoms with Gasteiger partial charge >= 0.3 is 24.2 Å². The van der Waals surface area contributed by atoms with Crippen LogP contribution in [0.15, 0.2) is 34.9 Å².